The zero-order valence-electron chi connectivity index (χ0n) is 10.6. The van der Waals surface area contributed by atoms with Crippen molar-refractivity contribution in [3.8, 4) is 0 Å². The summed E-state index contributed by atoms with van der Waals surface area (Å²) in [6.07, 6.45) is 3.88. The molecule has 1 unspecified atom stereocenters. The molecule has 1 N–H and O–H groups in total. The van der Waals surface area contributed by atoms with Gasteiger partial charge in [-0.15, -0.1) is 0 Å². The Morgan fingerprint density at radius 2 is 1.93 bits per heavy atom. The number of ether oxygens (including phenoxy) is 2. The summed E-state index contributed by atoms with van der Waals surface area (Å²) < 4.78 is 10.8. The van der Waals surface area contributed by atoms with Gasteiger partial charge in [0.25, 0.3) is 0 Å². The third-order valence-electron chi connectivity index (χ3n) is 2.23. The Bertz CT molecular complexity index is 120. The van der Waals surface area contributed by atoms with Crippen molar-refractivity contribution in [1.82, 2.24) is 5.32 Å². The van der Waals surface area contributed by atoms with Gasteiger partial charge < -0.3 is 14.8 Å². The second-order valence-corrected chi connectivity index (χ2v) is 3.77. The second-order valence-electron chi connectivity index (χ2n) is 3.77. The normalized spacial score (nSPS) is 13.0. The standard InChI is InChI=1S/C12H27NO2/c1-4-8-13-9-6-7-12(3)15-11-10-14-5-2/h12-13H,4-11H2,1-3H3. The summed E-state index contributed by atoms with van der Waals surface area (Å²) in [6, 6.07) is 0. The maximum Gasteiger partial charge on any atom is 0.0704 e. The first-order chi connectivity index (χ1) is 7.31. The van der Waals surface area contributed by atoms with Crippen LogP contribution in [0.15, 0.2) is 0 Å². The molecule has 3 heteroatoms. The summed E-state index contributed by atoms with van der Waals surface area (Å²) in [5.41, 5.74) is 0. The third-order valence-corrected chi connectivity index (χ3v) is 2.23. The Kier molecular flexibility index (Phi) is 11.9. The van der Waals surface area contributed by atoms with E-state index >= 15 is 0 Å². The summed E-state index contributed by atoms with van der Waals surface area (Å²) in [5.74, 6) is 0. The van der Waals surface area contributed by atoms with E-state index in [0.29, 0.717) is 6.10 Å². The van der Waals surface area contributed by atoms with Crippen molar-refractivity contribution in [2.24, 2.45) is 0 Å². The molecule has 0 rings (SSSR count). The number of hydrogen-bond acceptors (Lipinski definition) is 3. The molecule has 0 spiro atoms. The third kappa shape index (κ3) is 11.8. The average Bonchev–Trinajstić information content (AvgIpc) is 2.24. The van der Waals surface area contributed by atoms with Crippen LogP contribution in [0, 0.1) is 0 Å². The number of rotatable bonds is 11. The summed E-state index contributed by atoms with van der Waals surface area (Å²) in [4.78, 5) is 0. The summed E-state index contributed by atoms with van der Waals surface area (Å²) >= 11 is 0. The Morgan fingerprint density at radius 3 is 2.60 bits per heavy atom. The summed E-state index contributed by atoms with van der Waals surface area (Å²) in [6.45, 7) is 10.8. The highest BCUT2D eigenvalue weighted by Crippen LogP contribution is 2.00. The van der Waals surface area contributed by atoms with E-state index < -0.39 is 0 Å². The van der Waals surface area contributed by atoms with Gasteiger partial charge in [-0.3, -0.25) is 0 Å². The minimum atomic E-state index is 0.355. The Labute approximate surface area is 94.5 Å². The highest BCUT2D eigenvalue weighted by atomic mass is 16.5. The SMILES string of the molecule is CCCNCCCC(C)OCCOCC. The zero-order chi connectivity index (χ0) is 11.4. The first-order valence-electron chi connectivity index (χ1n) is 6.21. The van der Waals surface area contributed by atoms with Crippen molar-refractivity contribution < 1.29 is 9.47 Å². The summed E-state index contributed by atoms with van der Waals surface area (Å²) in [5, 5.41) is 3.39. The van der Waals surface area contributed by atoms with Gasteiger partial charge in [0.2, 0.25) is 0 Å². The quantitative estimate of drug-likeness (QED) is 0.538. The number of hydrogen-bond donors (Lipinski definition) is 1. The lowest BCUT2D eigenvalue weighted by Gasteiger charge is -2.13. The highest BCUT2D eigenvalue weighted by Gasteiger charge is 2.00. The van der Waals surface area contributed by atoms with Gasteiger partial charge in [0.15, 0.2) is 0 Å². The molecule has 0 aliphatic carbocycles. The Morgan fingerprint density at radius 1 is 1.13 bits per heavy atom. The lowest BCUT2D eigenvalue weighted by atomic mass is 10.2. The van der Waals surface area contributed by atoms with Gasteiger partial charge in [0.05, 0.1) is 19.3 Å². The molecule has 0 aliphatic rings. The Hall–Kier alpha value is -0.120. The molecule has 0 fully saturated rings. The van der Waals surface area contributed by atoms with E-state index in [2.05, 4.69) is 19.2 Å². The van der Waals surface area contributed by atoms with Crippen LogP contribution >= 0.6 is 0 Å². The van der Waals surface area contributed by atoms with Crippen molar-refractivity contribution in [2.75, 3.05) is 32.9 Å². The van der Waals surface area contributed by atoms with E-state index in [0.717, 1.165) is 39.3 Å². The van der Waals surface area contributed by atoms with E-state index in [4.69, 9.17) is 9.47 Å². The molecule has 0 saturated heterocycles. The van der Waals surface area contributed by atoms with Gasteiger partial charge in [-0.2, -0.15) is 0 Å². The predicted octanol–water partition coefficient (Wildman–Crippen LogP) is 2.21. The summed E-state index contributed by atoms with van der Waals surface area (Å²) in [7, 11) is 0. The monoisotopic (exact) mass is 217 g/mol. The molecule has 0 saturated carbocycles. The molecule has 0 bridgehead atoms. The minimum Gasteiger partial charge on any atom is -0.379 e. The van der Waals surface area contributed by atoms with Gasteiger partial charge >= 0.3 is 0 Å². The average molecular weight is 217 g/mol. The van der Waals surface area contributed by atoms with Crippen LogP contribution in [-0.2, 0) is 9.47 Å². The lowest BCUT2D eigenvalue weighted by Crippen LogP contribution is -2.19. The van der Waals surface area contributed by atoms with Gasteiger partial charge in [0, 0.05) is 6.61 Å². The molecule has 0 aliphatic heterocycles. The molecule has 0 aromatic carbocycles. The van der Waals surface area contributed by atoms with Crippen LogP contribution in [0.5, 0.6) is 0 Å². The second kappa shape index (κ2) is 12.0. The maximum atomic E-state index is 5.60. The molecular weight excluding hydrogens is 190 g/mol. The smallest absolute Gasteiger partial charge is 0.0704 e. The largest absolute Gasteiger partial charge is 0.379 e. The van der Waals surface area contributed by atoms with Crippen LogP contribution in [0.2, 0.25) is 0 Å². The van der Waals surface area contributed by atoms with Gasteiger partial charge in [-0.1, -0.05) is 6.92 Å². The topological polar surface area (TPSA) is 30.5 Å². The first kappa shape index (κ1) is 14.9. The Balaban J connectivity index is 3.08. The molecule has 0 aromatic rings. The van der Waals surface area contributed by atoms with Crippen LogP contribution < -0.4 is 5.32 Å². The van der Waals surface area contributed by atoms with Crippen molar-refractivity contribution in [1.29, 1.82) is 0 Å². The van der Waals surface area contributed by atoms with E-state index in [1.165, 1.54) is 12.8 Å². The maximum absolute atomic E-state index is 5.60. The molecule has 15 heavy (non-hydrogen) atoms. The van der Waals surface area contributed by atoms with Crippen LogP contribution in [0.1, 0.15) is 40.0 Å². The van der Waals surface area contributed by atoms with E-state index in [1.807, 2.05) is 6.92 Å². The minimum absolute atomic E-state index is 0.355. The van der Waals surface area contributed by atoms with Crippen molar-refractivity contribution in [3.63, 3.8) is 0 Å². The van der Waals surface area contributed by atoms with Crippen molar-refractivity contribution >= 4 is 0 Å². The van der Waals surface area contributed by atoms with Crippen LogP contribution in [0.25, 0.3) is 0 Å². The van der Waals surface area contributed by atoms with E-state index in [9.17, 15) is 0 Å². The fraction of sp³-hybridized carbons (Fsp3) is 1.00. The molecule has 3 nitrogen and oxygen atoms in total. The molecule has 1 atom stereocenters. The highest BCUT2D eigenvalue weighted by molar-refractivity contribution is 4.53. The van der Waals surface area contributed by atoms with E-state index in [-0.39, 0.29) is 0 Å². The molecule has 0 heterocycles. The van der Waals surface area contributed by atoms with Crippen molar-refractivity contribution in [3.05, 3.63) is 0 Å². The molecule has 0 aromatic heterocycles. The fourth-order valence-electron chi connectivity index (χ4n) is 1.35. The first-order valence-corrected chi connectivity index (χ1v) is 6.21. The van der Waals surface area contributed by atoms with Crippen LogP contribution in [0.4, 0.5) is 0 Å². The van der Waals surface area contributed by atoms with Crippen LogP contribution in [-0.4, -0.2) is 39.0 Å². The number of nitrogens with one attached hydrogen (secondary N) is 1. The molecule has 0 radical (unpaired) electrons. The van der Waals surface area contributed by atoms with Crippen LogP contribution in [0.3, 0.4) is 0 Å². The van der Waals surface area contributed by atoms with Crippen molar-refractivity contribution in [2.45, 2.75) is 46.1 Å². The zero-order valence-corrected chi connectivity index (χ0v) is 10.6. The molecule has 0 amide bonds. The van der Waals surface area contributed by atoms with Gasteiger partial charge in [-0.05, 0) is 46.2 Å². The predicted molar refractivity (Wildman–Crippen MR) is 64.3 cm³/mol. The van der Waals surface area contributed by atoms with Gasteiger partial charge in [-0.25, -0.2) is 0 Å². The fourth-order valence-corrected chi connectivity index (χ4v) is 1.35. The van der Waals surface area contributed by atoms with Gasteiger partial charge in [0.1, 0.15) is 0 Å². The lowest BCUT2D eigenvalue weighted by molar-refractivity contribution is 0.0115. The molecule has 92 valence electrons. The molecular formula is C12H27NO2. The van der Waals surface area contributed by atoms with E-state index in [1.54, 1.807) is 0 Å².